The van der Waals surface area contributed by atoms with Crippen LogP contribution in [0.4, 0.5) is 13.2 Å². The SMILES string of the molecule is Cc1nc(C(C)(COCC2C=CC=CC2C)NC(=O)c2cc(OCC(F)(F)F)c(C3CC3)cn2)no1. The fraction of sp³-hybridized carbons (Fsp3) is 0.520. The summed E-state index contributed by atoms with van der Waals surface area (Å²) in [6, 6.07) is 1.25. The lowest BCUT2D eigenvalue weighted by Gasteiger charge is -2.29. The Morgan fingerprint density at radius 1 is 1.22 bits per heavy atom. The molecule has 36 heavy (non-hydrogen) atoms. The summed E-state index contributed by atoms with van der Waals surface area (Å²) >= 11 is 0. The van der Waals surface area contributed by atoms with Crippen molar-refractivity contribution in [3.63, 3.8) is 0 Å². The van der Waals surface area contributed by atoms with Crippen LogP contribution in [0.1, 0.15) is 60.4 Å². The highest BCUT2D eigenvalue weighted by atomic mass is 19.4. The van der Waals surface area contributed by atoms with Gasteiger partial charge < -0.3 is 19.3 Å². The van der Waals surface area contributed by atoms with Gasteiger partial charge in [0.1, 0.15) is 17.0 Å². The first-order chi connectivity index (χ1) is 17.0. The lowest BCUT2D eigenvalue weighted by molar-refractivity contribution is -0.153. The van der Waals surface area contributed by atoms with Crippen molar-refractivity contribution >= 4 is 5.91 Å². The van der Waals surface area contributed by atoms with E-state index in [1.54, 1.807) is 13.8 Å². The van der Waals surface area contributed by atoms with Gasteiger partial charge in [-0.25, -0.2) is 0 Å². The number of rotatable bonds is 10. The molecule has 8 nitrogen and oxygen atoms in total. The van der Waals surface area contributed by atoms with Crippen LogP contribution in [0.15, 0.2) is 41.1 Å². The van der Waals surface area contributed by atoms with Gasteiger partial charge in [0.05, 0.1) is 13.2 Å². The smallest absolute Gasteiger partial charge is 0.422 e. The Kier molecular flexibility index (Phi) is 7.49. The van der Waals surface area contributed by atoms with Crippen molar-refractivity contribution in [1.29, 1.82) is 0 Å². The van der Waals surface area contributed by atoms with Crippen molar-refractivity contribution in [1.82, 2.24) is 20.4 Å². The van der Waals surface area contributed by atoms with Gasteiger partial charge in [-0.1, -0.05) is 36.4 Å². The fourth-order valence-electron chi connectivity index (χ4n) is 3.92. The molecule has 2 aliphatic rings. The quantitative estimate of drug-likeness (QED) is 0.502. The molecule has 1 saturated carbocycles. The molecule has 0 radical (unpaired) electrons. The van der Waals surface area contributed by atoms with Gasteiger partial charge in [0.2, 0.25) is 5.89 Å². The van der Waals surface area contributed by atoms with Crippen LogP contribution in [0.25, 0.3) is 0 Å². The molecular formula is C25H29F3N4O4. The van der Waals surface area contributed by atoms with E-state index in [4.69, 9.17) is 14.0 Å². The average molecular weight is 507 g/mol. The van der Waals surface area contributed by atoms with Crippen molar-refractivity contribution in [3.8, 4) is 5.75 Å². The van der Waals surface area contributed by atoms with E-state index in [-0.39, 0.29) is 35.7 Å². The number of nitrogens with one attached hydrogen (secondary N) is 1. The third-order valence-electron chi connectivity index (χ3n) is 6.21. The Bertz CT molecular complexity index is 1140. The van der Waals surface area contributed by atoms with E-state index >= 15 is 0 Å². The number of alkyl halides is 3. The molecule has 2 heterocycles. The first-order valence-corrected chi connectivity index (χ1v) is 11.8. The minimum atomic E-state index is -4.50. The van der Waals surface area contributed by atoms with Crippen LogP contribution >= 0.6 is 0 Å². The number of halogens is 3. The maximum atomic E-state index is 13.2. The maximum absolute atomic E-state index is 13.2. The number of carbonyl (C=O) groups excluding carboxylic acids is 1. The molecule has 0 bridgehead atoms. The Morgan fingerprint density at radius 3 is 2.61 bits per heavy atom. The van der Waals surface area contributed by atoms with E-state index in [9.17, 15) is 18.0 Å². The van der Waals surface area contributed by atoms with Crippen LogP contribution in [0.3, 0.4) is 0 Å². The first-order valence-electron chi connectivity index (χ1n) is 11.8. The molecule has 0 saturated heterocycles. The second-order valence-electron chi connectivity index (χ2n) is 9.52. The van der Waals surface area contributed by atoms with E-state index in [0.717, 1.165) is 12.8 Å². The minimum absolute atomic E-state index is 0.00876. The summed E-state index contributed by atoms with van der Waals surface area (Å²) in [5.74, 6) is 0.466. The van der Waals surface area contributed by atoms with Gasteiger partial charge >= 0.3 is 6.18 Å². The van der Waals surface area contributed by atoms with Crippen LogP contribution < -0.4 is 10.1 Å². The van der Waals surface area contributed by atoms with Gasteiger partial charge in [-0.3, -0.25) is 9.78 Å². The number of hydrogen-bond donors (Lipinski definition) is 1. The van der Waals surface area contributed by atoms with Crippen molar-refractivity contribution < 1.29 is 32.0 Å². The molecule has 4 rings (SSSR count). The van der Waals surface area contributed by atoms with Gasteiger partial charge in [0, 0.05) is 30.7 Å². The van der Waals surface area contributed by atoms with Crippen LogP contribution in [0, 0.1) is 18.8 Å². The molecule has 1 fully saturated rings. The summed E-state index contributed by atoms with van der Waals surface area (Å²) in [4.78, 5) is 21.7. The van der Waals surface area contributed by atoms with E-state index in [1.165, 1.54) is 12.3 Å². The summed E-state index contributed by atoms with van der Waals surface area (Å²) in [7, 11) is 0. The number of hydrogen-bond acceptors (Lipinski definition) is 7. The molecule has 0 aliphatic heterocycles. The number of pyridine rings is 1. The summed E-state index contributed by atoms with van der Waals surface area (Å²) in [5, 5.41) is 6.79. The summed E-state index contributed by atoms with van der Waals surface area (Å²) < 4.78 is 54.4. The first kappa shape index (κ1) is 25.9. The summed E-state index contributed by atoms with van der Waals surface area (Å²) in [6.07, 6.45) is 6.70. The third kappa shape index (κ3) is 6.51. The summed E-state index contributed by atoms with van der Waals surface area (Å²) in [6.45, 7) is 4.41. The van der Waals surface area contributed by atoms with Crippen molar-refractivity contribution in [2.24, 2.45) is 11.8 Å². The van der Waals surface area contributed by atoms with Crippen molar-refractivity contribution in [2.75, 3.05) is 19.8 Å². The van der Waals surface area contributed by atoms with Gasteiger partial charge in [0.15, 0.2) is 12.4 Å². The van der Waals surface area contributed by atoms with Gasteiger partial charge in [-0.15, -0.1) is 0 Å². The van der Waals surface area contributed by atoms with Gasteiger partial charge in [-0.05, 0) is 31.6 Å². The number of allylic oxidation sites excluding steroid dienone is 3. The molecule has 194 valence electrons. The molecule has 3 unspecified atom stereocenters. The molecule has 0 spiro atoms. The number of carbonyl (C=O) groups is 1. The predicted octanol–water partition coefficient (Wildman–Crippen LogP) is 4.63. The number of nitrogens with zero attached hydrogens (tertiary/aromatic N) is 3. The molecular weight excluding hydrogens is 477 g/mol. The monoisotopic (exact) mass is 506 g/mol. The van der Waals surface area contributed by atoms with Crippen LogP contribution in [-0.2, 0) is 10.3 Å². The lowest BCUT2D eigenvalue weighted by Crippen LogP contribution is -2.48. The number of aromatic nitrogens is 3. The second-order valence-corrected chi connectivity index (χ2v) is 9.52. The van der Waals surface area contributed by atoms with Crippen LogP contribution in [0.2, 0.25) is 0 Å². The minimum Gasteiger partial charge on any atom is -0.484 e. The molecule has 2 aliphatic carbocycles. The van der Waals surface area contributed by atoms with Crippen LogP contribution in [-0.4, -0.2) is 47.0 Å². The van der Waals surface area contributed by atoms with Gasteiger partial charge in [-0.2, -0.15) is 18.2 Å². The van der Waals surface area contributed by atoms with E-state index < -0.39 is 24.2 Å². The molecule has 1 N–H and O–H groups in total. The largest absolute Gasteiger partial charge is 0.484 e. The summed E-state index contributed by atoms with van der Waals surface area (Å²) in [5.41, 5.74) is -0.702. The second kappa shape index (κ2) is 10.4. The number of amides is 1. The highest BCUT2D eigenvalue weighted by Crippen LogP contribution is 2.44. The predicted molar refractivity (Wildman–Crippen MR) is 123 cm³/mol. The number of ether oxygens (including phenoxy) is 2. The van der Waals surface area contributed by atoms with Gasteiger partial charge in [0.25, 0.3) is 5.91 Å². The average Bonchev–Trinajstić information content (AvgIpc) is 3.57. The topological polar surface area (TPSA) is 99.4 Å². The molecule has 0 aromatic carbocycles. The van der Waals surface area contributed by atoms with Crippen molar-refractivity contribution in [3.05, 3.63) is 59.5 Å². The fourth-order valence-corrected chi connectivity index (χ4v) is 3.92. The standard InChI is InChI=1S/C25H29F3N4O4/c1-15-6-4-5-7-18(15)12-34-13-24(3,23-30-16(2)36-32-23)31-22(33)20-10-21(35-14-25(26,27)28)19(11-29-20)17-8-9-17/h4-7,10-11,15,17-18H,8-9,12-14H2,1-3H3,(H,31,33). The zero-order valence-corrected chi connectivity index (χ0v) is 20.3. The Morgan fingerprint density at radius 2 is 1.97 bits per heavy atom. The normalized spacial score (nSPS) is 21.3. The molecule has 1 amide bonds. The molecule has 2 aromatic heterocycles. The highest BCUT2D eigenvalue weighted by molar-refractivity contribution is 5.93. The molecule has 11 heteroatoms. The van der Waals surface area contributed by atoms with E-state index in [2.05, 4.69) is 39.5 Å². The molecule has 2 aromatic rings. The lowest BCUT2D eigenvalue weighted by atomic mass is 9.91. The number of aryl methyl sites for hydroxylation is 1. The Balaban J connectivity index is 1.51. The molecule has 3 atom stereocenters. The highest BCUT2D eigenvalue weighted by Gasteiger charge is 2.36. The van der Waals surface area contributed by atoms with Crippen LogP contribution in [0.5, 0.6) is 5.75 Å². The zero-order chi connectivity index (χ0) is 25.9. The van der Waals surface area contributed by atoms with E-state index in [0.29, 0.717) is 24.0 Å². The Hall–Kier alpha value is -3.21. The Labute approximate surface area is 207 Å². The van der Waals surface area contributed by atoms with Crippen molar-refractivity contribution in [2.45, 2.75) is 51.2 Å². The maximum Gasteiger partial charge on any atom is 0.422 e. The third-order valence-corrected chi connectivity index (χ3v) is 6.21. The van der Waals surface area contributed by atoms with E-state index in [1.807, 2.05) is 12.2 Å². The zero-order valence-electron chi connectivity index (χ0n) is 20.3.